The maximum Gasteiger partial charge on any atom is 0.363 e. The molecule has 9 heteroatoms. The second-order valence-electron chi connectivity index (χ2n) is 6.25. The number of benzene rings is 2. The van der Waals surface area contributed by atoms with Crippen LogP contribution in [0.25, 0.3) is 6.08 Å². The lowest BCUT2D eigenvalue weighted by molar-refractivity contribution is -0.132. The molecule has 9 nitrogen and oxygen atoms in total. The molecule has 0 saturated heterocycles. The van der Waals surface area contributed by atoms with Crippen molar-refractivity contribution in [2.75, 3.05) is 28.4 Å². The normalized spacial score (nSPS) is 14.0. The van der Waals surface area contributed by atoms with Gasteiger partial charge in [0.1, 0.15) is 0 Å². The minimum absolute atomic E-state index is 0.0889. The Morgan fingerprint density at radius 3 is 2.10 bits per heavy atom. The summed E-state index contributed by atoms with van der Waals surface area (Å²) in [5.74, 6) is 0.832. The molecule has 31 heavy (non-hydrogen) atoms. The largest absolute Gasteiger partial charge is 0.493 e. The molecule has 0 aromatic heterocycles. The molecule has 0 atom stereocenters. The fourth-order valence-corrected chi connectivity index (χ4v) is 2.91. The minimum atomic E-state index is -0.619. The highest BCUT2D eigenvalue weighted by atomic mass is 16.6. The Hall–Kier alpha value is -4.01. The van der Waals surface area contributed by atoms with Crippen molar-refractivity contribution in [1.29, 1.82) is 0 Å². The Kier molecular flexibility index (Phi) is 6.44. The predicted molar refractivity (Wildman–Crippen MR) is 111 cm³/mol. The summed E-state index contributed by atoms with van der Waals surface area (Å²) in [7, 11) is 5.92. The fraction of sp³-hybridized carbons (Fsp3) is 0.227. The van der Waals surface area contributed by atoms with Gasteiger partial charge in [0.05, 0.1) is 28.4 Å². The second kappa shape index (κ2) is 9.21. The van der Waals surface area contributed by atoms with Crippen LogP contribution in [0.5, 0.6) is 28.7 Å². The Balaban J connectivity index is 1.97. The first kappa shape index (κ1) is 21.7. The number of cyclic esters (lactones) is 1. The number of esters is 2. The predicted octanol–water partition coefficient (Wildman–Crippen LogP) is 2.99. The first-order chi connectivity index (χ1) is 14.9. The number of carbonyl (C=O) groups excluding carboxylic acids is 2. The number of rotatable bonds is 7. The fourth-order valence-electron chi connectivity index (χ4n) is 2.91. The monoisotopic (exact) mass is 427 g/mol. The van der Waals surface area contributed by atoms with Gasteiger partial charge in [-0.25, -0.2) is 9.79 Å². The first-order valence-electron chi connectivity index (χ1n) is 9.09. The van der Waals surface area contributed by atoms with E-state index in [4.69, 9.17) is 28.4 Å². The second-order valence-corrected chi connectivity index (χ2v) is 6.25. The van der Waals surface area contributed by atoms with Gasteiger partial charge in [-0.15, -0.1) is 0 Å². The van der Waals surface area contributed by atoms with Gasteiger partial charge in [-0.05, 0) is 35.9 Å². The highest BCUT2D eigenvalue weighted by molar-refractivity contribution is 6.13. The van der Waals surface area contributed by atoms with Crippen LogP contribution in [0, 0.1) is 0 Å². The van der Waals surface area contributed by atoms with Crippen molar-refractivity contribution in [3.05, 3.63) is 47.2 Å². The maximum atomic E-state index is 12.4. The van der Waals surface area contributed by atoms with Crippen molar-refractivity contribution in [3.63, 3.8) is 0 Å². The zero-order valence-corrected chi connectivity index (χ0v) is 17.7. The molecule has 1 aliphatic rings. The molecule has 0 radical (unpaired) electrons. The van der Waals surface area contributed by atoms with Crippen molar-refractivity contribution in [2.45, 2.75) is 6.92 Å². The lowest BCUT2D eigenvalue weighted by Crippen LogP contribution is -2.07. The third-order valence-corrected chi connectivity index (χ3v) is 4.28. The first-order valence-corrected chi connectivity index (χ1v) is 9.09. The maximum absolute atomic E-state index is 12.4. The molecule has 0 aliphatic carbocycles. The van der Waals surface area contributed by atoms with Crippen molar-refractivity contribution in [3.8, 4) is 28.7 Å². The molecule has 2 aromatic rings. The summed E-state index contributed by atoms with van der Waals surface area (Å²) in [6.07, 6.45) is 1.54. The Labute approximate surface area is 178 Å². The lowest BCUT2D eigenvalue weighted by Gasteiger charge is -2.13. The van der Waals surface area contributed by atoms with E-state index < -0.39 is 11.9 Å². The third-order valence-electron chi connectivity index (χ3n) is 4.28. The lowest BCUT2D eigenvalue weighted by atomic mass is 10.1. The van der Waals surface area contributed by atoms with Crippen LogP contribution >= 0.6 is 0 Å². The molecule has 1 heterocycles. The molecule has 0 bridgehead atoms. The van der Waals surface area contributed by atoms with E-state index in [1.807, 2.05) is 0 Å². The van der Waals surface area contributed by atoms with Gasteiger partial charge in [0, 0.05) is 12.5 Å². The third kappa shape index (κ3) is 4.61. The number of ether oxygens (including phenoxy) is 6. The summed E-state index contributed by atoms with van der Waals surface area (Å²) >= 11 is 0. The average molecular weight is 427 g/mol. The van der Waals surface area contributed by atoms with Gasteiger partial charge >= 0.3 is 11.9 Å². The summed E-state index contributed by atoms with van der Waals surface area (Å²) in [4.78, 5) is 27.9. The van der Waals surface area contributed by atoms with Gasteiger partial charge in [-0.3, -0.25) is 4.79 Å². The number of methoxy groups -OCH3 is 4. The quantitative estimate of drug-likeness (QED) is 0.378. The van der Waals surface area contributed by atoms with Gasteiger partial charge in [-0.2, -0.15) is 0 Å². The van der Waals surface area contributed by atoms with Gasteiger partial charge < -0.3 is 28.4 Å². The number of carbonyl (C=O) groups is 2. The number of hydrogen-bond acceptors (Lipinski definition) is 9. The van der Waals surface area contributed by atoms with Crippen molar-refractivity contribution < 1.29 is 38.0 Å². The van der Waals surface area contributed by atoms with Crippen LogP contribution in [0.4, 0.5) is 0 Å². The Morgan fingerprint density at radius 2 is 1.55 bits per heavy atom. The molecule has 1 aliphatic heterocycles. The van der Waals surface area contributed by atoms with E-state index in [2.05, 4.69) is 4.99 Å². The van der Waals surface area contributed by atoms with Gasteiger partial charge in [-0.1, -0.05) is 6.07 Å². The highest BCUT2D eigenvalue weighted by Gasteiger charge is 2.26. The van der Waals surface area contributed by atoms with E-state index in [0.717, 1.165) is 0 Å². The Bertz CT molecular complexity index is 1060. The van der Waals surface area contributed by atoms with Crippen molar-refractivity contribution >= 4 is 23.9 Å². The van der Waals surface area contributed by atoms with Crippen LogP contribution in [0.3, 0.4) is 0 Å². The number of hydrogen-bond donors (Lipinski definition) is 0. The van der Waals surface area contributed by atoms with Crippen molar-refractivity contribution in [2.24, 2.45) is 4.99 Å². The summed E-state index contributed by atoms with van der Waals surface area (Å²) in [6.45, 7) is 1.29. The zero-order valence-electron chi connectivity index (χ0n) is 17.7. The minimum Gasteiger partial charge on any atom is -0.493 e. The topological polar surface area (TPSA) is 102 Å². The molecule has 0 unspecified atom stereocenters. The van der Waals surface area contributed by atoms with E-state index in [1.165, 1.54) is 41.4 Å². The molecule has 162 valence electrons. The van der Waals surface area contributed by atoms with Crippen molar-refractivity contribution in [1.82, 2.24) is 0 Å². The Morgan fingerprint density at radius 1 is 0.903 bits per heavy atom. The van der Waals surface area contributed by atoms with Crippen LogP contribution in [0.1, 0.15) is 18.1 Å². The molecule has 0 N–H and O–H groups in total. The summed E-state index contributed by atoms with van der Waals surface area (Å²) in [6, 6.07) is 8.11. The molecular weight excluding hydrogens is 406 g/mol. The molecule has 0 saturated carbocycles. The highest BCUT2D eigenvalue weighted by Crippen LogP contribution is 2.39. The summed E-state index contributed by atoms with van der Waals surface area (Å²) < 4.78 is 31.6. The van der Waals surface area contributed by atoms with E-state index in [9.17, 15) is 9.59 Å². The average Bonchev–Trinajstić information content (AvgIpc) is 3.13. The molecule has 2 aromatic carbocycles. The van der Waals surface area contributed by atoms with E-state index >= 15 is 0 Å². The number of nitrogens with zero attached hydrogens (tertiary/aromatic N) is 1. The van der Waals surface area contributed by atoms with Gasteiger partial charge in [0.15, 0.2) is 28.7 Å². The standard InChI is InChI=1S/C22H21NO8/c1-12(24)30-16-7-6-13(9-17(16)26-2)8-15-22(25)31-21(23-15)14-10-18(27-3)20(29-5)19(11-14)28-4/h6-11H,1-5H3/b15-8-. The number of aliphatic imine (C=N–C) groups is 1. The van der Waals surface area contributed by atoms with E-state index in [1.54, 1.807) is 30.3 Å². The molecular formula is C22H21NO8. The molecule has 0 fully saturated rings. The van der Waals surface area contributed by atoms with E-state index in [-0.39, 0.29) is 17.3 Å². The summed E-state index contributed by atoms with van der Waals surface area (Å²) in [5.41, 5.74) is 1.18. The van der Waals surface area contributed by atoms with Crippen LogP contribution in [-0.4, -0.2) is 46.3 Å². The van der Waals surface area contributed by atoms with E-state index in [0.29, 0.717) is 34.1 Å². The van der Waals surface area contributed by atoms with Crippen LogP contribution < -0.4 is 23.7 Å². The molecule has 3 rings (SSSR count). The van der Waals surface area contributed by atoms with Crippen LogP contribution in [0.15, 0.2) is 41.0 Å². The SMILES string of the molecule is COc1cc(/C=C2\N=C(c3cc(OC)c(OC)c(OC)c3)OC2=O)ccc1OC(C)=O. The molecule has 0 amide bonds. The van der Waals surface area contributed by atoms with Gasteiger partial charge in [0.25, 0.3) is 0 Å². The smallest absolute Gasteiger partial charge is 0.363 e. The summed E-state index contributed by atoms with van der Waals surface area (Å²) in [5, 5.41) is 0. The van der Waals surface area contributed by atoms with Crippen LogP contribution in [0.2, 0.25) is 0 Å². The zero-order chi connectivity index (χ0) is 22.5. The van der Waals surface area contributed by atoms with Crippen LogP contribution in [-0.2, 0) is 14.3 Å². The molecule has 0 spiro atoms. The van der Waals surface area contributed by atoms with Gasteiger partial charge in [0.2, 0.25) is 11.6 Å².